The van der Waals surface area contributed by atoms with Crippen molar-refractivity contribution in [3.63, 3.8) is 0 Å². The number of carbonyl (C=O) groups is 2. The van der Waals surface area contributed by atoms with Crippen molar-refractivity contribution >= 4 is 17.5 Å². The molecule has 0 atom stereocenters. The molecule has 0 aliphatic rings. The van der Waals surface area contributed by atoms with E-state index in [-0.39, 0.29) is 12.2 Å². The first-order valence-electron chi connectivity index (χ1n) is 6.15. The van der Waals surface area contributed by atoms with E-state index in [4.69, 9.17) is 4.42 Å². The Labute approximate surface area is 123 Å². The summed E-state index contributed by atoms with van der Waals surface area (Å²) in [5.41, 5.74) is -0.751. The van der Waals surface area contributed by atoms with E-state index in [1.165, 1.54) is 6.26 Å². The molecule has 0 radical (unpaired) electrons. The van der Waals surface area contributed by atoms with Crippen LogP contribution in [0.4, 0.5) is 18.9 Å². The molecular formula is C14H11F3N2O3. The third-order valence-electron chi connectivity index (χ3n) is 2.68. The summed E-state index contributed by atoms with van der Waals surface area (Å²) in [6, 6.07) is 7.02. The summed E-state index contributed by atoms with van der Waals surface area (Å²) in [7, 11) is 0. The van der Waals surface area contributed by atoms with E-state index in [1.54, 1.807) is 12.1 Å². The summed E-state index contributed by atoms with van der Waals surface area (Å²) >= 11 is 0. The standard InChI is InChI=1S/C14H11F3N2O3/c15-14(16,17)9-3-5-10(6-4-9)19-13(21)12(20)18-8-11-2-1-7-22-11/h1-7H,8H2,(H,18,20)(H,19,21). The first-order valence-corrected chi connectivity index (χ1v) is 6.15. The van der Waals surface area contributed by atoms with Crippen molar-refractivity contribution in [2.24, 2.45) is 0 Å². The summed E-state index contributed by atoms with van der Waals surface area (Å²) in [5.74, 6) is -1.43. The number of benzene rings is 1. The van der Waals surface area contributed by atoms with Crippen LogP contribution in [0, 0.1) is 0 Å². The molecule has 0 aliphatic carbocycles. The third kappa shape index (κ3) is 4.11. The van der Waals surface area contributed by atoms with Crippen LogP contribution in [0.15, 0.2) is 47.1 Å². The molecule has 0 unspecified atom stereocenters. The lowest BCUT2D eigenvalue weighted by Crippen LogP contribution is -2.34. The lowest BCUT2D eigenvalue weighted by atomic mass is 10.2. The smallest absolute Gasteiger partial charge is 0.416 e. The van der Waals surface area contributed by atoms with Crippen molar-refractivity contribution in [3.05, 3.63) is 54.0 Å². The van der Waals surface area contributed by atoms with Crippen molar-refractivity contribution in [2.75, 3.05) is 5.32 Å². The van der Waals surface area contributed by atoms with Crippen LogP contribution in [0.5, 0.6) is 0 Å². The maximum Gasteiger partial charge on any atom is 0.416 e. The van der Waals surface area contributed by atoms with E-state index in [0.717, 1.165) is 24.3 Å². The van der Waals surface area contributed by atoms with E-state index in [9.17, 15) is 22.8 Å². The fraction of sp³-hybridized carbons (Fsp3) is 0.143. The van der Waals surface area contributed by atoms with Crippen LogP contribution in [0.25, 0.3) is 0 Å². The molecule has 2 amide bonds. The van der Waals surface area contributed by atoms with Crippen LogP contribution in [0.1, 0.15) is 11.3 Å². The van der Waals surface area contributed by atoms with Crippen LogP contribution in [-0.2, 0) is 22.3 Å². The van der Waals surface area contributed by atoms with Gasteiger partial charge in [-0.2, -0.15) is 13.2 Å². The molecule has 22 heavy (non-hydrogen) atoms. The summed E-state index contributed by atoms with van der Waals surface area (Å²) in [6.07, 6.45) is -3.04. The first kappa shape index (κ1) is 15.6. The average Bonchev–Trinajstić information content (AvgIpc) is 2.97. The molecule has 2 rings (SSSR count). The molecule has 2 aromatic rings. The number of rotatable bonds is 3. The number of amides is 2. The Morgan fingerprint density at radius 3 is 2.27 bits per heavy atom. The summed E-state index contributed by atoms with van der Waals surface area (Å²) in [6.45, 7) is 0.0340. The van der Waals surface area contributed by atoms with Crippen molar-refractivity contribution in [1.82, 2.24) is 5.32 Å². The number of hydrogen-bond donors (Lipinski definition) is 2. The zero-order chi connectivity index (χ0) is 16.2. The van der Waals surface area contributed by atoms with E-state index in [1.807, 2.05) is 0 Å². The minimum absolute atomic E-state index is 0.0340. The highest BCUT2D eigenvalue weighted by molar-refractivity contribution is 6.39. The van der Waals surface area contributed by atoms with Crippen LogP contribution in [-0.4, -0.2) is 11.8 Å². The lowest BCUT2D eigenvalue weighted by Gasteiger charge is -2.08. The number of hydrogen-bond acceptors (Lipinski definition) is 3. The number of carbonyl (C=O) groups excluding carboxylic acids is 2. The minimum Gasteiger partial charge on any atom is -0.467 e. The molecule has 1 aromatic heterocycles. The Morgan fingerprint density at radius 1 is 1.05 bits per heavy atom. The highest BCUT2D eigenvalue weighted by Crippen LogP contribution is 2.29. The van der Waals surface area contributed by atoms with Crippen LogP contribution in [0.2, 0.25) is 0 Å². The summed E-state index contributed by atoms with van der Waals surface area (Å²) in [4.78, 5) is 23.1. The monoisotopic (exact) mass is 312 g/mol. The molecular weight excluding hydrogens is 301 g/mol. The first-order chi connectivity index (χ1) is 10.4. The Bertz CT molecular complexity index is 649. The van der Waals surface area contributed by atoms with Crippen molar-refractivity contribution < 1.29 is 27.2 Å². The molecule has 0 saturated heterocycles. The van der Waals surface area contributed by atoms with Gasteiger partial charge in [0.25, 0.3) is 0 Å². The Kier molecular flexibility index (Phi) is 4.50. The molecule has 0 fully saturated rings. The molecule has 0 bridgehead atoms. The Balaban J connectivity index is 1.89. The number of halogens is 3. The molecule has 1 aromatic carbocycles. The van der Waals surface area contributed by atoms with Crippen LogP contribution < -0.4 is 10.6 Å². The molecule has 0 saturated carbocycles. The fourth-order valence-electron chi connectivity index (χ4n) is 1.59. The minimum atomic E-state index is -4.46. The summed E-state index contributed by atoms with van der Waals surface area (Å²) < 4.78 is 42.1. The van der Waals surface area contributed by atoms with E-state index in [2.05, 4.69) is 10.6 Å². The van der Waals surface area contributed by atoms with Gasteiger partial charge in [0.15, 0.2) is 0 Å². The van der Waals surface area contributed by atoms with Crippen LogP contribution >= 0.6 is 0 Å². The predicted octanol–water partition coefficient (Wildman–Crippen LogP) is 2.55. The molecule has 5 nitrogen and oxygen atoms in total. The van der Waals surface area contributed by atoms with Crippen molar-refractivity contribution in [2.45, 2.75) is 12.7 Å². The van der Waals surface area contributed by atoms with Gasteiger partial charge in [-0.25, -0.2) is 0 Å². The van der Waals surface area contributed by atoms with Gasteiger partial charge in [-0.1, -0.05) is 0 Å². The average molecular weight is 312 g/mol. The number of anilines is 1. The summed E-state index contributed by atoms with van der Waals surface area (Å²) in [5, 5.41) is 4.52. The zero-order valence-corrected chi connectivity index (χ0v) is 11.1. The van der Waals surface area contributed by atoms with Gasteiger partial charge in [0, 0.05) is 5.69 Å². The lowest BCUT2D eigenvalue weighted by molar-refractivity contribution is -0.137. The Hall–Kier alpha value is -2.77. The van der Waals surface area contributed by atoms with Gasteiger partial charge in [-0.15, -0.1) is 0 Å². The molecule has 116 valence electrons. The fourth-order valence-corrected chi connectivity index (χ4v) is 1.59. The normalized spacial score (nSPS) is 11.0. The maximum absolute atomic E-state index is 12.4. The largest absolute Gasteiger partial charge is 0.467 e. The quantitative estimate of drug-likeness (QED) is 0.856. The molecule has 8 heteroatoms. The third-order valence-corrected chi connectivity index (χ3v) is 2.68. The molecule has 0 aliphatic heterocycles. The maximum atomic E-state index is 12.4. The van der Waals surface area contributed by atoms with Gasteiger partial charge >= 0.3 is 18.0 Å². The van der Waals surface area contributed by atoms with Crippen molar-refractivity contribution in [1.29, 1.82) is 0 Å². The predicted molar refractivity (Wildman–Crippen MR) is 70.6 cm³/mol. The second kappa shape index (κ2) is 6.33. The van der Waals surface area contributed by atoms with Gasteiger partial charge in [-0.3, -0.25) is 9.59 Å². The highest BCUT2D eigenvalue weighted by atomic mass is 19.4. The Morgan fingerprint density at radius 2 is 1.73 bits per heavy atom. The second-order valence-electron chi connectivity index (χ2n) is 4.29. The van der Waals surface area contributed by atoms with Gasteiger partial charge in [-0.05, 0) is 36.4 Å². The molecule has 2 N–H and O–H groups in total. The topological polar surface area (TPSA) is 71.3 Å². The molecule has 0 spiro atoms. The van der Waals surface area contributed by atoms with E-state index < -0.39 is 23.6 Å². The van der Waals surface area contributed by atoms with Gasteiger partial charge in [0.2, 0.25) is 0 Å². The number of alkyl halides is 3. The van der Waals surface area contributed by atoms with E-state index >= 15 is 0 Å². The van der Waals surface area contributed by atoms with Crippen molar-refractivity contribution in [3.8, 4) is 0 Å². The SMILES string of the molecule is O=C(NCc1ccco1)C(=O)Nc1ccc(C(F)(F)F)cc1. The van der Waals surface area contributed by atoms with Gasteiger partial charge < -0.3 is 15.1 Å². The van der Waals surface area contributed by atoms with Gasteiger partial charge in [0.1, 0.15) is 5.76 Å². The van der Waals surface area contributed by atoms with Crippen LogP contribution in [0.3, 0.4) is 0 Å². The highest BCUT2D eigenvalue weighted by Gasteiger charge is 2.30. The zero-order valence-electron chi connectivity index (χ0n) is 11.1. The van der Waals surface area contributed by atoms with E-state index in [0.29, 0.717) is 5.76 Å². The number of nitrogens with one attached hydrogen (secondary N) is 2. The second-order valence-corrected chi connectivity index (χ2v) is 4.29. The van der Waals surface area contributed by atoms with Gasteiger partial charge in [0.05, 0.1) is 18.4 Å². The molecule has 1 heterocycles. The number of furan rings is 1.